The molecule has 1 saturated carbocycles. The Hall–Kier alpha value is -1.52. The second kappa shape index (κ2) is 5.85. The summed E-state index contributed by atoms with van der Waals surface area (Å²) in [6.07, 6.45) is 4.09. The van der Waals surface area contributed by atoms with E-state index < -0.39 is 5.82 Å². The third-order valence-electron chi connectivity index (χ3n) is 3.27. The Morgan fingerprint density at radius 3 is 3.00 bits per heavy atom. The predicted molar refractivity (Wildman–Crippen MR) is 74.3 cm³/mol. The summed E-state index contributed by atoms with van der Waals surface area (Å²) in [5.74, 6) is 0.297. The lowest BCUT2D eigenvalue weighted by atomic mass is 10.2. The molecule has 0 saturated heterocycles. The zero-order valence-corrected chi connectivity index (χ0v) is 11.6. The summed E-state index contributed by atoms with van der Waals surface area (Å²) in [5.41, 5.74) is 1.04. The number of ether oxygens (including phenoxy) is 1. The largest absolute Gasteiger partial charge is 0.483 e. The molecule has 1 aliphatic carbocycles. The Kier molecular flexibility index (Phi) is 3.94. The number of furan rings is 1. The third-order valence-corrected chi connectivity index (χ3v) is 3.56. The smallest absolute Gasteiger partial charge is 0.183 e. The summed E-state index contributed by atoms with van der Waals surface area (Å²) < 4.78 is 24.5. The van der Waals surface area contributed by atoms with Gasteiger partial charge in [-0.25, -0.2) is 4.39 Å². The maximum Gasteiger partial charge on any atom is 0.183 e. The summed E-state index contributed by atoms with van der Waals surface area (Å²) in [6.45, 7) is 0.934. The van der Waals surface area contributed by atoms with Crippen LogP contribution in [0.25, 0.3) is 0 Å². The average molecular weight is 296 g/mol. The summed E-state index contributed by atoms with van der Waals surface area (Å²) in [6, 6.07) is 7.22. The molecule has 0 bridgehead atoms. The van der Waals surface area contributed by atoms with Gasteiger partial charge in [-0.05, 0) is 31.0 Å². The van der Waals surface area contributed by atoms with Crippen LogP contribution < -0.4 is 10.1 Å². The number of benzene rings is 1. The van der Waals surface area contributed by atoms with Crippen LogP contribution in [-0.4, -0.2) is 6.04 Å². The van der Waals surface area contributed by atoms with E-state index in [2.05, 4.69) is 5.32 Å². The van der Waals surface area contributed by atoms with Crippen LogP contribution in [0.4, 0.5) is 4.39 Å². The number of hydrogen-bond donors (Lipinski definition) is 1. The molecule has 0 radical (unpaired) electrons. The van der Waals surface area contributed by atoms with Gasteiger partial charge >= 0.3 is 0 Å². The molecule has 106 valence electrons. The van der Waals surface area contributed by atoms with Gasteiger partial charge in [-0.3, -0.25) is 0 Å². The van der Waals surface area contributed by atoms with Gasteiger partial charge in [-0.15, -0.1) is 0 Å². The van der Waals surface area contributed by atoms with Crippen molar-refractivity contribution in [2.75, 3.05) is 0 Å². The minimum absolute atomic E-state index is 0.0533. The lowest BCUT2D eigenvalue weighted by molar-refractivity contribution is 0.256. The fourth-order valence-electron chi connectivity index (χ4n) is 1.93. The van der Waals surface area contributed by atoms with Gasteiger partial charge in [0.05, 0.1) is 11.3 Å². The number of halogens is 2. The van der Waals surface area contributed by atoms with E-state index in [0.29, 0.717) is 11.8 Å². The zero-order valence-electron chi connectivity index (χ0n) is 10.9. The first kappa shape index (κ1) is 13.5. The van der Waals surface area contributed by atoms with Crippen molar-refractivity contribution in [3.05, 3.63) is 52.7 Å². The van der Waals surface area contributed by atoms with E-state index in [-0.39, 0.29) is 17.4 Å². The van der Waals surface area contributed by atoms with Gasteiger partial charge in [0.1, 0.15) is 12.4 Å². The fourth-order valence-corrected chi connectivity index (χ4v) is 2.10. The normalized spacial score (nSPS) is 14.5. The molecule has 20 heavy (non-hydrogen) atoms. The molecule has 2 aromatic rings. The van der Waals surface area contributed by atoms with Gasteiger partial charge in [0.25, 0.3) is 0 Å². The van der Waals surface area contributed by atoms with E-state index in [1.54, 1.807) is 18.4 Å². The standard InChI is InChI=1S/C15H15ClFNO2/c16-12-2-1-3-13(15(12)17)20-9-14-10(6-7-19-14)8-18-11-4-5-11/h1-3,6-7,11,18H,4-5,8-9H2. The molecule has 1 aromatic heterocycles. The highest BCUT2D eigenvalue weighted by molar-refractivity contribution is 6.30. The molecular weight excluding hydrogens is 281 g/mol. The molecule has 1 N–H and O–H groups in total. The van der Waals surface area contributed by atoms with E-state index in [0.717, 1.165) is 12.1 Å². The minimum atomic E-state index is -0.543. The molecular formula is C15H15ClFNO2. The van der Waals surface area contributed by atoms with E-state index in [1.807, 2.05) is 6.07 Å². The molecule has 3 nitrogen and oxygen atoms in total. The maximum absolute atomic E-state index is 13.7. The topological polar surface area (TPSA) is 34.4 Å². The zero-order chi connectivity index (χ0) is 13.9. The van der Waals surface area contributed by atoms with Crippen LogP contribution in [0.2, 0.25) is 5.02 Å². The van der Waals surface area contributed by atoms with Gasteiger partial charge < -0.3 is 14.5 Å². The minimum Gasteiger partial charge on any atom is -0.483 e. The van der Waals surface area contributed by atoms with Crippen molar-refractivity contribution in [2.45, 2.75) is 32.0 Å². The van der Waals surface area contributed by atoms with Crippen LogP contribution in [-0.2, 0) is 13.2 Å². The van der Waals surface area contributed by atoms with E-state index in [9.17, 15) is 4.39 Å². The number of hydrogen-bond acceptors (Lipinski definition) is 3. The van der Waals surface area contributed by atoms with Crippen molar-refractivity contribution in [3.8, 4) is 5.75 Å². The monoisotopic (exact) mass is 295 g/mol. The molecule has 1 fully saturated rings. The Bertz CT molecular complexity index is 595. The Morgan fingerprint density at radius 2 is 2.20 bits per heavy atom. The van der Waals surface area contributed by atoms with E-state index in [1.165, 1.54) is 18.9 Å². The van der Waals surface area contributed by atoms with Gasteiger partial charge in [-0.1, -0.05) is 17.7 Å². The van der Waals surface area contributed by atoms with Gasteiger partial charge in [-0.2, -0.15) is 0 Å². The Morgan fingerprint density at radius 1 is 1.35 bits per heavy atom. The molecule has 1 aliphatic rings. The molecule has 0 atom stereocenters. The summed E-state index contributed by atoms with van der Waals surface area (Å²) in [4.78, 5) is 0. The van der Waals surface area contributed by atoms with Crippen molar-refractivity contribution < 1.29 is 13.5 Å². The molecule has 0 amide bonds. The molecule has 0 aliphatic heterocycles. The van der Waals surface area contributed by atoms with E-state index in [4.69, 9.17) is 20.8 Å². The van der Waals surface area contributed by atoms with Crippen LogP contribution in [0.3, 0.4) is 0 Å². The molecule has 3 rings (SSSR count). The van der Waals surface area contributed by atoms with Crippen LogP contribution >= 0.6 is 11.6 Å². The first-order valence-electron chi connectivity index (χ1n) is 6.59. The molecule has 0 unspecified atom stereocenters. The van der Waals surface area contributed by atoms with Crippen molar-refractivity contribution in [1.82, 2.24) is 5.32 Å². The lowest BCUT2D eigenvalue weighted by Crippen LogP contribution is -2.16. The molecule has 5 heteroatoms. The first-order chi connectivity index (χ1) is 9.74. The summed E-state index contributed by atoms with van der Waals surface area (Å²) in [7, 11) is 0. The quantitative estimate of drug-likeness (QED) is 0.877. The van der Waals surface area contributed by atoms with Crippen LogP contribution in [0.15, 0.2) is 34.9 Å². The second-order valence-electron chi connectivity index (χ2n) is 4.86. The van der Waals surface area contributed by atoms with Crippen molar-refractivity contribution >= 4 is 11.6 Å². The Balaban J connectivity index is 1.62. The van der Waals surface area contributed by atoms with Crippen LogP contribution in [0.5, 0.6) is 5.75 Å². The van der Waals surface area contributed by atoms with E-state index >= 15 is 0 Å². The third kappa shape index (κ3) is 3.14. The van der Waals surface area contributed by atoms with Gasteiger partial charge in [0.2, 0.25) is 0 Å². The van der Waals surface area contributed by atoms with Crippen LogP contribution in [0.1, 0.15) is 24.2 Å². The summed E-state index contributed by atoms with van der Waals surface area (Å²) >= 11 is 5.71. The fraction of sp³-hybridized carbons (Fsp3) is 0.333. The van der Waals surface area contributed by atoms with Crippen molar-refractivity contribution in [1.29, 1.82) is 0 Å². The lowest BCUT2D eigenvalue weighted by Gasteiger charge is -2.08. The highest BCUT2D eigenvalue weighted by Gasteiger charge is 2.21. The van der Waals surface area contributed by atoms with Gasteiger partial charge in [0.15, 0.2) is 11.6 Å². The Labute approximate surface area is 121 Å². The summed E-state index contributed by atoms with van der Waals surface area (Å²) in [5, 5.41) is 3.46. The predicted octanol–water partition coefficient (Wildman–Crippen LogP) is 3.90. The van der Waals surface area contributed by atoms with Crippen molar-refractivity contribution in [2.24, 2.45) is 0 Å². The van der Waals surface area contributed by atoms with Crippen LogP contribution in [0, 0.1) is 5.82 Å². The SMILES string of the molecule is Fc1c(Cl)cccc1OCc1occc1CNC1CC1. The maximum atomic E-state index is 13.7. The van der Waals surface area contributed by atoms with Gasteiger partial charge in [0, 0.05) is 18.2 Å². The number of nitrogens with one attached hydrogen (secondary N) is 1. The average Bonchev–Trinajstić information content (AvgIpc) is 3.17. The first-order valence-corrected chi connectivity index (χ1v) is 6.97. The van der Waals surface area contributed by atoms with Crippen molar-refractivity contribution in [3.63, 3.8) is 0 Å². The number of rotatable bonds is 6. The molecule has 0 spiro atoms. The molecule has 1 heterocycles. The molecule has 1 aromatic carbocycles. The highest BCUT2D eigenvalue weighted by atomic mass is 35.5. The highest BCUT2D eigenvalue weighted by Crippen LogP contribution is 2.25. The second-order valence-corrected chi connectivity index (χ2v) is 5.27.